The molecular formula is C16H20. The summed E-state index contributed by atoms with van der Waals surface area (Å²) in [6.07, 6.45) is 9.73. The predicted molar refractivity (Wildman–Crippen MR) is 70.5 cm³/mol. The van der Waals surface area contributed by atoms with Crippen LogP contribution in [0.25, 0.3) is 0 Å². The van der Waals surface area contributed by atoms with E-state index >= 15 is 0 Å². The molecule has 1 fully saturated rings. The summed E-state index contributed by atoms with van der Waals surface area (Å²) in [4.78, 5) is 0. The van der Waals surface area contributed by atoms with Crippen LogP contribution in [-0.2, 0) is 6.42 Å². The minimum absolute atomic E-state index is 1.15. The Bertz CT molecular complexity index is 370. The maximum atomic E-state index is 4.09. The summed E-state index contributed by atoms with van der Waals surface area (Å²) < 4.78 is 0. The van der Waals surface area contributed by atoms with Gasteiger partial charge in [0.1, 0.15) is 0 Å². The molecule has 0 heterocycles. The van der Waals surface area contributed by atoms with E-state index in [1.807, 2.05) is 0 Å². The summed E-state index contributed by atoms with van der Waals surface area (Å²) >= 11 is 0. The zero-order valence-electron chi connectivity index (χ0n) is 9.91. The van der Waals surface area contributed by atoms with E-state index in [0.717, 1.165) is 12.8 Å². The SMILES string of the molecule is C=C1CCC/C(=C\CCc2ccccc2)C1. The van der Waals surface area contributed by atoms with E-state index in [4.69, 9.17) is 0 Å². The second-order valence-corrected chi connectivity index (χ2v) is 4.67. The summed E-state index contributed by atoms with van der Waals surface area (Å²) in [6, 6.07) is 10.7. The first-order valence-electron chi connectivity index (χ1n) is 6.23. The zero-order chi connectivity index (χ0) is 11.2. The number of allylic oxidation sites excluding steroid dienone is 3. The molecule has 0 aromatic heterocycles. The molecule has 1 aromatic carbocycles. The Morgan fingerprint density at radius 2 is 1.94 bits per heavy atom. The van der Waals surface area contributed by atoms with Crippen molar-refractivity contribution in [3.63, 3.8) is 0 Å². The third-order valence-corrected chi connectivity index (χ3v) is 3.21. The third-order valence-electron chi connectivity index (χ3n) is 3.21. The quantitative estimate of drug-likeness (QED) is 0.638. The topological polar surface area (TPSA) is 0 Å². The average molecular weight is 212 g/mol. The van der Waals surface area contributed by atoms with E-state index < -0.39 is 0 Å². The molecule has 0 radical (unpaired) electrons. The number of rotatable bonds is 3. The van der Waals surface area contributed by atoms with Crippen molar-refractivity contribution in [3.8, 4) is 0 Å². The van der Waals surface area contributed by atoms with Gasteiger partial charge in [-0.25, -0.2) is 0 Å². The lowest BCUT2D eigenvalue weighted by Gasteiger charge is -2.16. The van der Waals surface area contributed by atoms with E-state index in [9.17, 15) is 0 Å². The highest BCUT2D eigenvalue weighted by molar-refractivity contribution is 5.19. The Kier molecular flexibility index (Phi) is 3.98. The van der Waals surface area contributed by atoms with Gasteiger partial charge >= 0.3 is 0 Å². The van der Waals surface area contributed by atoms with Crippen LogP contribution < -0.4 is 0 Å². The highest BCUT2D eigenvalue weighted by Gasteiger charge is 2.07. The first-order chi connectivity index (χ1) is 7.84. The summed E-state index contributed by atoms with van der Waals surface area (Å²) in [5.41, 5.74) is 4.46. The van der Waals surface area contributed by atoms with Crippen molar-refractivity contribution >= 4 is 0 Å². The molecule has 0 aliphatic heterocycles. The molecule has 0 heteroatoms. The average Bonchev–Trinajstić information content (AvgIpc) is 2.30. The van der Waals surface area contributed by atoms with Crippen LogP contribution in [-0.4, -0.2) is 0 Å². The third kappa shape index (κ3) is 3.37. The first-order valence-corrected chi connectivity index (χ1v) is 6.23. The van der Waals surface area contributed by atoms with Gasteiger partial charge in [-0.3, -0.25) is 0 Å². The molecule has 0 saturated heterocycles. The Morgan fingerprint density at radius 1 is 1.12 bits per heavy atom. The molecule has 0 unspecified atom stereocenters. The van der Waals surface area contributed by atoms with Gasteiger partial charge in [-0.05, 0) is 44.1 Å². The van der Waals surface area contributed by atoms with Gasteiger partial charge in [0.15, 0.2) is 0 Å². The van der Waals surface area contributed by atoms with Gasteiger partial charge in [0.2, 0.25) is 0 Å². The molecule has 1 aliphatic rings. The summed E-state index contributed by atoms with van der Waals surface area (Å²) in [5.74, 6) is 0. The fraction of sp³-hybridized carbons (Fsp3) is 0.375. The van der Waals surface area contributed by atoms with Gasteiger partial charge in [-0.2, -0.15) is 0 Å². The van der Waals surface area contributed by atoms with E-state index in [2.05, 4.69) is 43.0 Å². The number of hydrogen-bond donors (Lipinski definition) is 0. The van der Waals surface area contributed by atoms with Gasteiger partial charge in [0.05, 0.1) is 0 Å². The Hall–Kier alpha value is -1.30. The molecule has 0 amide bonds. The lowest BCUT2D eigenvalue weighted by Crippen LogP contribution is -1.96. The molecule has 1 saturated carbocycles. The molecule has 0 bridgehead atoms. The smallest absolute Gasteiger partial charge is 0.0111 e. The maximum Gasteiger partial charge on any atom is -0.0111 e. The molecule has 2 rings (SSSR count). The molecule has 0 N–H and O–H groups in total. The lowest BCUT2D eigenvalue weighted by molar-refractivity contribution is 0.708. The molecule has 1 aliphatic carbocycles. The van der Waals surface area contributed by atoms with Gasteiger partial charge in [0, 0.05) is 0 Å². The van der Waals surface area contributed by atoms with Gasteiger partial charge in [0.25, 0.3) is 0 Å². The second-order valence-electron chi connectivity index (χ2n) is 4.67. The van der Waals surface area contributed by atoms with Crippen molar-refractivity contribution in [1.29, 1.82) is 0 Å². The maximum absolute atomic E-state index is 4.09. The minimum atomic E-state index is 1.15. The van der Waals surface area contributed by atoms with E-state index in [-0.39, 0.29) is 0 Å². The van der Waals surface area contributed by atoms with Crippen LogP contribution >= 0.6 is 0 Å². The van der Waals surface area contributed by atoms with Crippen molar-refractivity contribution in [3.05, 3.63) is 59.7 Å². The standard InChI is InChI=1S/C16H20/c1-14-7-5-11-16(13-14)12-6-10-15-8-3-2-4-9-15/h2-4,8-9,12H,1,5-7,10-11,13H2/b16-12+. The van der Waals surface area contributed by atoms with Gasteiger partial charge in [-0.15, -0.1) is 0 Å². The highest BCUT2D eigenvalue weighted by atomic mass is 14.1. The monoisotopic (exact) mass is 212 g/mol. The predicted octanol–water partition coefficient (Wildman–Crippen LogP) is 4.68. The fourth-order valence-electron chi connectivity index (χ4n) is 2.33. The normalized spacial score (nSPS) is 19.0. The molecule has 0 atom stereocenters. The molecule has 84 valence electrons. The first kappa shape index (κ1) is 11.2. The van der Waals surface area contributed by atoms with Crippen LogP contribution in [0, 0.1) is 0 Å². The Labute approximate surface area is 98.7 Å². The zero-order valence-corrected chi connectivity index (χ0v) is 9.91. The summed E-state index contributed by atoms with van der Waals surface area (Å²) in [7, 11) is 0. The van der Waals surface area contributed by atoms with E-state index in [1.54, 1.807) is 5.57 Å². The number of aryl methyl sites for hydroxylation is 1. The van der Waals surface area contributed by atoms with Crippen molar-refractivity contribution in [1.82, 2.24) is 0 Å². The molecule has 0 spiro atoms. The molecule has 0 nitrogen and oxygen atoms in total. The minimum Gasteiger partial charge on any atom is -0.0995 e. The van der Waals surface area contributed by atoms with Gasteiger partial charge < -0.3 is 0 Å². The van der Waals surface area contributed by atoms with Crippen LogP contribution in [0.3, 0.4) is 0 Å². The largest absolute Gasteiger partial charge is 0.0995 e. The van der Waals surface area contributed by atoms with Crippen LogP contribution in [0.1, 0.15) is 37.7 Å². The lowest BCUT2D eigenvalue weighted by atomic mass is 9.90. The van der Waals surface area contributed by atoms with Crippen molar-refractivity contribution < 1.29 is 0 Å². The van der Waals surface area contributed by atoms with Crippen LogP contribution in [0.15, 0.2) is 54.1 Å². The van der Waals surface area contributed by atoms with Crippen molar-refractivity contribution in [2.45, 2.75) is 38.5 Å². The van der Waals surface area contributed by atoms with Crippen LogP contribution in [0.5, 0.6) is 0 Å². The summed E-state index contributed by atoms with van der Waals surface area (Å²) in [6.45, 7) is 4.09. The number of hydrogen-bond acceptors (Lipinski definition) is 0. The van der Waals surface area contributed by atoms with Gasteiger partial charge in [-0.1, -0.05) is 54.1 Å². The second kappa shape index (κ2) is 5.69. The van der Waals surface area contributed by atoms with Crippen LogP contribution in [0.4, 0.5) is 0 Å². The van der Waals surface area contributed by atoms with Crippen molar-refractivity contribution in [2.75, 3.05) is 0 Å². The fourth-order valence-corrected chi connectivity index (χ4v) is 2.33. The van der Waals surface area contributed by atoms with Crippen LogP contribution in [0.2, 0.25) is 0 Å². The summed E-state index contributed by atoms with van der Waals surface area (Å²) in [5, 5.41) is 0. The Balaban J connectivity index is 1.83. The number of benzene rings is 1. The van der Waals surface area contributed by atoms with Crippen molar-refractivity contribution in [2.24, 2.45) is 0 Å². The highest BCUT2D eigenvalue weighted by Crippen LogP contribution is 2.26. The molecule has 16 heavy (non-hydrogen) atoms. The molecular weight excluding hydrogens is 192 g/mol. The Morgan fingerprint density at radius 3 is 2.69 bits per heavy atom. The molecule has 1 aromatic rings. The van der Waals surface area contributed by atoms with E-state index in [1.165, 1.54) is 36.8 Å². The van der Waals surface area contributed by atoms with E-state index in [0.29, 0.717) is 0 Å².